The molecule has 110 valence electrons. The highest BCUT2D eigenvalue weighted by Crippen LogP contribution is 2.13. The van der Waals surface area contributed by atoms with Gasteiger partial charge in [-0.2, -0.15) is 0 Å². The van der Waals surface area contributed by atoms with Crippen LogP contribution in [0, 0.1) is 6.92 Å². The summed E-state index contributed by atoms with van der Waals surface area (Å²) in [6.45, 7) is 6.45. The molecule has 0 aliphatic rings. The second-order valence-corrected chi connectivity index (χ2v) is 5.51. The van der Waals surface area contributed by atoms with Crippen molar-refractivity contribution in [3.8, 4) is 0 Å². The topological polar surface area (TPSA) is 43.8 Å². The van der Waals surface area contributed by atoms with Gasteiger partial charge in [-0.05, 0) is 19.8 Å². The molecule has 2 N–H and O–H groups in total. The first-order chi connectivity index (χ1) is 9.20. The maximum Gasteiger partial charge on any atom is 0.127 e. The second kappa shape index (κ2) is 9.00. The van der Waals surface area contributed by atoms with E-state index in [0.29, 0.717) is 0 Å². The average Bonchev–Trinajstić information content (AvgIpc) is 2.67. The highest BCUT2D eigenvalue weighted by Gasteiger charge is 2.09. The Kier molecular flexibility index (Phi) is 7.61. The SMILES string of the molecule is CCCCCCCCCCc1nc(C)c(CC)n1N. The van der Waals surface area contributed by atoms with E-state index in [9.17, 15) is 0 Å². The number of unbranched alkanes of at least 4 members (excludes halogenated alkanes) is 7. The van der Waals surface area contributed by atoms with Crippen LogP contribution in [0.15, 0.2) is 0 Å². The summed E-state index contributed by atoms with van der Waals surface area (Å²) in [4.78, 5) is 4.58. The van der Waals surface area contributed by atoms with E-state index < -0.39 is 0 Å². The lowest BCUT2D eigenvalue weighted by Gasteiger charge is -2.04. The summed E-state index contributed by atoms with van der Waals surface area (Å²) in [5.41, 5.74) is 2.27. The molecule has 3 nitrogen and oxygen atoms in total. The minimum absolute atomic E-state index is 0.965. The first-order valence-electron chi connectivity index (χ1n) is 8.02. The molecule has 0 bridgehead atoms. The summed E-state index contributed by atoms with van der Waals surface area (Å²) in [5, 5.41) is 0. The fourth-order valence-corrected chi connectivity index (χ4v) is 2.66. The third-order valence-corrected chi connectivity index (χ3v) is 3.87. The molecule has 0 saturated heterocycles. The van der Waals surface area contributed by atoms with E-state index in [1.807, 2.05) is 0 Å². The van der Waals surface area contributed by atoms with Crippen molar-refractivity contribution < 1.29 is 0 Å². The van der Waals surface area contributed by atoms with E-state index in [0.717, 1.165) is 24.4 Å². The molecule has 1 aromatic rings. The van der Waals surface area contributed by atoms with E-state index in [-0.39, 0.29) is 0 Å². The van der Waals surface area contributed by atoms with Crippen LogP contribution in [0.3, 0.4) is 0 Å². The number of nitrogen functional groups attached to an aromatic ring is 1. The monoisotopic (exact) mass is 265 g/mol. The average molecular weight is 265 g/mol. The number of aryl methyl sites for hydroxylation is 2. The van der Waals surface area contributed by atoms with Crippen molar-refractivity contribution in [1.29, 1.82) is 0 Å². The number of nitrogens with zero attached hydrogens (tertiary/aromatic N) is 2. The van der Waals surface area contributed by atoms with Gasteiger partial charge in [0, 0.05) is 6.42 Å². The molecule has 0 aliphatic carbocycles. The van der Waals surface area contributed by atoms with Gasteiger partial charge in [0.05, 0.1) is 11.4 Å². The van der Waals surface area contributed by atoms with Crippen LogP contribution in [0.25, 0.3) is 0 Å². The summed E-state index contributed by atoms with van der Waals surface area (Å²) in [5.74, 6) is 7.12. The molecule has 0 unspecified atom stereocenters. The number of rotatable bonds is 10. The van der Waals surface area contributed by atoms with Gasteiger partial charge in [-0.3, -0.25) is 4.68 Å². The zero-order valence-electron chi connectivity index (χ0n) is 13.0. The van der Waals surface area contributed by atoms with Crippen molar-refractivity contribution in [2.75, 3.05) is 5.84 Å². The molecule has 1 aromatic heterocycles. The van der Waals surface area contributed by atoms with Gasteiger partial charge in [0.1, 0.15) is 5.82 Å². The molecule has 0 radical (unpaired) electrons. The Labute approximate surface area is 118 Å². The molecule has 0 fully saturated rings. The summed E-state index contributed by atoms with van der Waals surface area (Å²) < 4.78 is 1.80. The highest BCUT2D eigenvalue weighted by atomic mass is 15.3. The van der Waals surface area contributed by atoms with Crippen LogP contribution in [-0.2, 0) is 12.8 Å². The first kappa shape index (κ1) is 16.1. The van der Waals surface area contributed by atoms with Crippen LogP contribution in [0.2, 0.25) is 0 Å². The maximum atomic E-state index is 6.06. The molecule has 3 heteroatoms. The number of imidazole rings is 1. The van der Waals surface area contributed by atoms with Gasteiger partial charge in [-0.25, -0.2) is 4.98 Å². The zero-order valence-corrected chi connectivity index (χ0v) is 13.0. The Morgan fingerprint density at radius 2 is 1.53 bits per heavy atom. The van der Waals surface area contributed by atoms with Crippen molar-refractivity contribution in [2.24, 2.45) is 0 Å². The summed E-state index contributed by atoms with van der Waals surface area (Å²) in [7, 11) is 0. The van der Waals surface area contributed by atoms with Crippen molar-refractivity contribution in [1.82, 2.24) is 9.66 Å². The lowest BCUT2D eigenvalue weighted by Crippen LogP contribution is -2.15. The number of hydrogen-bond acceptors (Lipinski definition) is 2. The first-order valence-corrected chi connectivity index (χ1v) is 8.02. The maximum absolute atomic E-state index is 6.06. The fourth-order valence-electron chi connectivity index (χ4n) is 2.66. The Balaban J connectivity index is 2.16. The van der Waals surface area contributed by atoms with E-state index in [1.54, 1.807) is 4.68 Å². The normalized spacial score (nSPS) is 11.1. The van der Waals surface area contributed by atoms with Gasteiger partial charge in [0.2, 0.25) is 0 Å². The molecule has 1 heterocycles. The predicted octanol–water partition coefficient (Wildman–Crippen LogP) is 4.15. The second-order valence-electron chi connectivity index (χ2n) is 5.51. The summed E-state index contributed by atoms with van der Waals surface area (Å²) in [6.07, 6.45) is 12.8. The number of hydrogen-bond donors (Lipinski definition) is 1. The molecule has 0 aromatic carbocycles. The fraction of sp³-hybridized carbons (Fsp3) is 0.812. The van der Waals surface area contributed by atoms with Gasteiger partial charge >= 0.3 is 0 Å². The van der Waals surface area contributed by atoms with Gasteiger partial charge in [-0.15, -0.1) is 0 Å². The third-order valence-electron chi connectivity index (χ3n) is 3.87. The van der Waals surface area contributed by atoms with Gasteiger partial charge < -0.3 is 5.84 Å². The lowest BCUT2D eigenvalue weighted by molar-refractivity contribution is 0.569. The smallest absolute Gasteiger partial charge is 0.127 e. The lowest BCUT2D eigenvalue weighted by atomic mass is 10.1. The zero-order chi connectivity index (χ0) is 14.1. The minimum Gasteiger partial charge on any atom is -0.338 e. The quantitative estimate of drug-likeness (QED) is 0.510. The van der Waals surface area contributed by atoms with Crippen LogP contribution in [0.4, 0.5) is 0 Å². The van der Waals surface area contributed by atoms with Crippen molar-refractivity contribution >= 4 is 0 Å². The molecule has 19 heavy (non-hydrogen) atoms. The van der Waals surface area contributed by atoms with Crippen LogP contribution >= 0.6 is 0 Å². The van der Waals surface area contributed by atoms with E-state index in [4.69, 9.17) is 5.84 Å². The Morgan fingerprint density at radius 1 is 0.947 bits per heavy atom. The number of nitrogens with two attached hydrogens (primary N) is 1. The highest BCUT2D eigenvalue weighted by molar-refractivity contribution is 5.16. The summed E-state index contributed by atoms with van der Waals surface area (Å²) >= 11 is 0. The van der Waals surface area contributed by atoms with Crippen LogP contribution in [-0.4, -0.2) is 9.66 Å². The Morgan fingerprint density at radius 3 is 2.05 bits per heavy atom. The molecule has 0 aliphatic heterocycles. The standard InChI is InChI=1S/C16H31N3/c1-4-6-7-8-9-10-11-12-13-16-18-14(3)15(5-2)19(16)17/h4-13,17H2,1-3H3. The molecular formula is C16H31N3. The van der Waals surface area contributed by atoms with Crippen LogP contribution < -0.4 is 5.84 Å². The van der Waals surface area contributed by atoms with Crippen molar-refractivity contribution in [3.63, 3.8) is 0 Å². The van der Waals surface area contributed by atoms with E-state index >= 15 is 0 Å². The van der Waals surface area contributed by atoms with Gasteiger partial charge in [-0.1, -0.05) is 58.8 Å². The molecule has 0 atom stereocenters. The molecule has 0 spiro atoms. The van der Waals surface area contributed by atoms with Gasteiger partial charge in [0.25, 0.3) is 0 Å². The molecule has 0 amide bonds. The van der Waals surface area contributed by atoms with Crippen LogP contribution in [0.1, 0.15) is 82.4 Å². The third kappa shape index (κ3) is 5.25. The predicted molar refractivity (Wildman–Crippen MR) is 82.8 cm³/mol. The van der Waals surface area contributed by atoms with Crippen molar-refractivity contribution in [3.05, 3.63) is 17.2 Å². The van der Waals surface area contributed by atoms with Gasteiger partial charge in [0.15, 0.2) is 0 Å². The minimum atomic E-state index is 0.965. The molecular weight excluding hydrogens is 234 g/mol. The van der Waals surface area contributed by atoms with Crippen molar-refractivity contribution in [2.45, 2.75) is 85.0 Å². The molecule has 0 saturated carbocycles. The van der Waals surface area contributed by atoms with Crippen LogP contribution in [0.5, 0.6) is 0 Å². The van der Waals surface area contributed by atoms with E-state index in [1.165, 1.54) is 57.1 Å². The molecule has 1 rings (SSSR count). The largest absolute Gasteiger partial charge is 0.338 e. The number of aromatic nitrogens is 2. The Hall–Kier alpha value is -0.990. The van der Waals surface area contributed by atoms with E-state index in [2.05, 4.69) is 25.8 Å². The summed E-state index contributed by atoms with van der Waals surface area (Å²) in [6, 6.07) is 0. The Bertz CT molecular complexity index is 355.